The lowest BCUT2D eigenvalue weighted by Gasteiger charge is -2.19. The predicted octanol–water partition coefficient (Wildman–Crippen LogP) is 2.96. The fourth-order valence-corrected chi connectivity index (χ4v) is 2.82. The summed E-state index contributed by atoms with van der Waals surface area (Å²) >= 11 is 11.9. The lowest BCUT2D eigenvalue weighted by molar-refractivity contribution is -0.150. The summed E-state index contributed by atoms with van der Waals surface area (Å²) in [6.45, 7) is 3.48. The van der Waals surface area contributed by atoms with E-state index in [1.165, 1.54) is 12.1 Å². The second-order valence-electron chi connectivity index (χ2n) is 6.73. The van der Waals surface area contributed by atoms with E-state index in [9.17, 15) is 14.4 Å². The third-order valence-corrected chi connectivity index (χ3v) is 4.31. The van der Waals surface area contributed by atoms with Crippen LogP contribution in [0, 0.1) is 5.92 Å². The van der Waals surface area contributed by atoms with E-state index in [1.54, 1.807) is 6.07 Å². The van der Waals surface area contributed by atoms with Crippen LogP contribution < -0.4 is 10.6 Å². The number of hydrogen-bond acceptors (Lipinski definition) is 4. The summed E-state index contributed by atoms with van der Waals surface area (Å²) in [6.07, 6.45) is 2.28. The van der Waals surface area contributed by atoms with Gasteiger partial charge in [-0.2, -0.15) is 0 Å². The van der Waals surface area contributed by atoms with Gasteiger partial charge in [0.15, 0.2) is 6.61 Å². The van der Waals surface area contributed by atoms with Crippen molar-refractivity contribution in [2.45, 2.75) is 45.2 Å². The molecule has 6 nitrogen and oxygen atoms in total. The van der Waals surface area contributed by atoms with Crippen molar-refractivity contribution in [1.29, 1.82) is 0 Å². The molecule has 26 heavy (non-hydrogen) atoms. The molecule has 1 aliphatic rings. The maximum atomic E-state index is 12.4. The number of amides is 2. The van der Waals surface area contributed by atoms with Crippen molar-refractivity contribution in [2.75, 3.05) is 6.61 Å². The van der Waals surface area contributed by atoms with E-state index < -0.39 is 17.9 Å². The van der Waals surface area contributed by atoms with Crippen molar-refractivity contribution in [1.82, 2.24) is 10.6 Å². The Hall–Kier alpha value is -1.79. The number of nitrogens with one attached hydrogen (secondary N) is 2. The van der Waals surface area contributed by atoms with E-state index in [1.807, 2.05) is 13.8 Å². The van der Waals surface area contributed by atoms with E-state index in [2.05, 4.69) is 10.6 Å². The Morgan fingerprint density at radius 1 is 1.23 bits per heavy atom. The highest BCUT2D eigenvalue weighted by atomic mass is 35.5. The van der Waals surface area contributed by atoms with Gasteiger partial charge in [-0.25, -0.2) is 4.79 Å². The van der Waals surface area contributed by atoms with Gasteiger partial charge in [0.1, 0.15) is 6.04 Å². The monoisotopic (exact) mass is 400 g/mol. The maximum absolute atomic E-state index is 12.4. The number of carbonyl (C=O) groups excluding carboxylic acids is 3. The standard InChI is InChI=1S/C18H22Cl2N2O4/c1-10(2)7-15(18(25)26-9-16(23)21-12-4-5-12)22-17(24)13-6-3-11(19)8-14(13)20/h3,6,8,10,12,15H,4-5,7,9H2,1-2H3,(H,21,23)(H,22,24)/t15-/m1/s1. The highest BCUT2D eigenvalue weighted by Crippen LogP contribution is 2.21. The van der Waals surface area contributed by atoms with Crippen LogP contribution in [0.4, 0.5) is 0 Å². The van der Waals surface area contributed by atoms with Gasteiger partial charge < -0.3 is 15.4 Å². The van der Waals surface area contributed by atoms with Crippen LogP contribution in [0.2, 0.25) is 10.0 Å². The third kappa shape index (κ3) is 6.50. The van der Waals surface area contributed by atoms with Crippen LogP contribution in [-0.4, -0.2) is 36.5 Å². The fourth-order valence-electron chi connectivity index (χ4n) is 2.33. The zero-order valence-corrected chi connectivity index (χ0v) is 16.2. The molecule has 1 aromatic carbocycles. The average molecular weight is 401 g/mol. The number of ether oxygens (including phenoxy) is 1. The van der Waals surface area contributed by atoms with E-state index >= 15 is 0 Å². The predicted molar refractivity (Wildman–Crippen MR) is 99.3 cm³/mol. The summed E-state index contributed by atoms with van der Waals surface area (Å²) in [6, 6.07) is 3.80. The first kappa shape index (κ1) is 20.5. The molecule has 0 heterocycles. The van der Waals surface area contributed by atoms with Gasteiger partial charge in [-0.15, -0.1) is 0 Å². The van der Waals surface area contributed by atoms with Gasteiger partial charge in [0.2, 0.25) is 0 Å². The largest absolute Gasteiger partial charge is 0.454 e. The minimum absolute atomic E-state index is 0.133. The molecule has 2 amide bonds. The molecule has 2 rings (SSSR count). The van der Waals surface area contributed by atoms with Gasteiger partial charge in [-0.1, -0.05) is 37.0 Å². The summed E-state index contributed by atoms with van der Waals surface area (Å²) in [7, 11) is 0. The second kappa shape index (κ2) is 9.24. The Morgan fingerprint density at radius 3 is 2.50 bits per heavy atom. The first-order valence-electron chi connectivity index (χ1n) is 8.48. The Kier molecular flexibility index (Phi) is 7.29. The van der Waals surface area contributed by atoms with Crippen molar-refractivity contribution in [3.05, 3.63) is 33.8 Å². The first-order chi connectivity index (χ1) is 12.3. The van der Waals surface area contributed by atoms with E-state index in [4.69, 9.17) is 27.9 Å². The quantitative estimate of drug-likeness (QED) is 0.656. The van der Waals surface area contributed by atoms with Gasteiger partial charge in [0.05, 0.1) is 10.6 Å². The van der Waals surface area contributed by atoms with Crippen molar-refractivity contribution < 1.29 is 19.1 Å². The molecule has 1 aromatic rings. The zero-order chi connectivity index (χ0) is 19.3. The maximum Gasteiger partial charge on any atom is 0.329 e. The first-order valence-corrected chi connectivity index (χ1v) is 9.23. The minimum Gasteiger partial charge on any atom is -0.454 e. The van der Waals surface area contributed by atoms with Gasteiger partial charge in [0.25, 0.3) is 11.8 Å². The van der Waals surface area contributed by atoms with Crippen LogP contribution in [0.3, 0.4) is 0 Å². The smallest absolute Gasteiger partial charge is 0.329 e. The van der Waals surface area contributed by atoms with Crippen LogP contribution in [0.5, 0.6) is 0 Å². The Bertz CT molecular complexity index is 690. The summed E-state index contributed by atoms with van der Waals surface area (Å²) in [5, 5.41) is 5.96. The molecule has 0 radical (unpaired) electrons. The molecule has 0 bridgehead atoms. The highest BCUT2D eigenvalue weighted by molar-refractivity contribution is 6.36. The molecule has 2 N–H and O–H groups in total. The van der Waals surface area contributed by atoms with Crippen LogP contribution in [0.1, 0.15) is 43.5 Å². The molecule has 1 fully saturated rings. The fraction of sp³-hybridized carbons (Fsp3) is 0.500. The summed E-state index contributed by atoms with van der Waals surface area (Å²) in [5.74, 6) is -1.36. The molecule has 8 heteroatoms. The van der Waals surface area contributed by atoms with Crippen LogP contribution in [-0.2, 0) is 14.3 Å². The number of halogens is 2. The van der Waals surface area contributed by atoms with Crippen LogP contribution >= 0.6 is 23.2 Å². The lowest BCUT2D eigenvalue weighted by atomic mass is 10.0. The number of esters is 1. The third-order valence-electron chi connectivity index (χ3n) is 3.76. The molecule has 0 aliphatic heterocycles. The molecule has 1 aliphatic carbocycles. The summed E-state index contributed by atoms with van der Waals surface area (Å²) in [4.78, 5) is 36.4. The molecule has 0 aromatic heterocycles. The number of benzene rings is 1. The molecular weight excluding hydrogens is 379 g/mol. The van der Waals surface area contributed by atoms with Gasteiger partial charge in [-0.05, 0) is 43.4 Å². The minimum atomic E-state index is -0.872. The van der Waals surface area contributed by atoms with Crippen molar-refractivity contribution in [2.24, 2.45) is 5.92 Å². The highest BCUT2D eigenvalue weighted by Gasteiger charge is 2.27. The van der Waals surface area contributed by atoms with E-state index in [0.29, 0.717) is 11.4 Å². The lowest BCUT2D eigenvalue weighted by Crippen LogP contribution is -2.44. The molecular formula is C18H22Cl2N2O4. The number of hydrogen-bond donors (Lipinski definition) is 2. The number of rotatable bonds is 8. The van der Waals surface area contributed by atoms with Crippen LogP contribution in [0.15, 0.2) is 18.2 Å². The molecule has 1 saturated carbocycles. The van der Waals surface area contributed by atoms with Gasteiger partial charge in [-0.3, -0.25) is 9.59 Å². The van der Waals surface area contributed by atoms with Crippen molar-refractivity contribution >= 4 is 41.0 Å². The van der Waals surface area contributed by atoms with E-state index in [0.717, 1.165) is 12.8 Å². The summed E-state index contributed by atoms with van der Waals surface area (Å²) < 4.78 is 5.06. The van der Waals surface area contributed by atoms with Crippen molar-refractivity contribution in [3.63, 3.8) is 0 Å². The Labute approximate surface area is 162 Å². The molecule has 142 valence electrons. The van der Waals surface area contributed by atoms with Gasteiger partial charge in [0, 0.05) is 11.1 Å². The van der Waals surface area contributed by atoms with Crippen molar-refractivity contribution in [3.8, 4) is 0 Å². The average Bonchev–Trinajstić information content (AvgIpc) is 3.35. The molecule has 0 spiro atoms. The normalized spacial score (nSPS) is 14.7. The zero-order valence-electron chi connectivity index (χ0n) is 14.7. The summed E-state index contributed by atoms with van der Waals surface area (Å²) in [5.41, 5.74) is 0.212. The number of carbonyl (C=O) groups is 3. The Morgan fingerprint density at radius 2 is 1.92 bits per heavy atom. The molecule has 0 saturated heterocycles. The Balaban J connectivity index is 1.97. The van der Waals surface area contributed by atoms with Crippen LogP contribution in [0.25, 0.3) is 0 Å². The molecule has 1 atom stereocenters. The SMILES string of the molecule is CC(C)C[C@@H](NC(=O)c1ccc(Cl)cc1Cl)C(=O)OCC(=O)NC1CC1. The van der Waals surface area contributed by atoms with E-state index in [-0.39, 0.29) is 35.1 Å². The second-order valence-corrected chi connectivity index (χ2v) is 7.57. The molecule has 0 unspecified atom stereocenters. The van der Waals surface area contributed by atoms with Gasteiger partial charge >= 0.3 is 5.97 Å². The topological polar surface area (TPSA) is 84.5 Å².